The molecule has 9 nitrogen and oxygen atoms in total. The SMILES string of the molecule is O=C(C(O)C(=O)P(O)CC(O)CO)P(O)CC(O)CO. The fraction of sp³-hybridized carbons (Fsp3) is 0.778. The van der Waals surface area contributed by atoms with Gasteiger partial charge in [-0.25, -0.2) is 0 Å². The van der Waals surface area contributed by atoms with E-state index < -0.39 is 71.2 Å². The van der Waals surface area contributed by atoms with Crippen molar-refractivity contribution < 1.29 is 44.9 Å². The van der Waals surface area contributed by atoms with Crippen molar-refractivity contribution in [3.8, 4) is 0 Å². The smallest absolute Gasteiger partial charge is 0.217 e. The number of hydrogen-bond donors (Lipinski definition) is 7. The van der Waals surface area contributed by atoms with Crippen LogP contribution < -0.4 is 0 Å². The van der Waals surface area contributed by atoms with Crippen LogP contribution in [0.25, 0.3) is 0 Å². The standard InChI is InChI=1S/C9H18O9P2/c10-1-5(12)3-19(17)8(15)7(14)9(16)20(18)4-6(13)2-11/h5-7,10-14,17-18H,1-4H2. The first-order valence-electron chi connectivity index (χ1n) is 5.51. The number of carbonyl (C=O) groups is 2. The minimum Gasteiger partial charge on any atom is -0.394 e. The molecule has 0 amide bonds. The van der Waals surface area contributed by atoms with Crippen LogP contribution in [0.4, 0.5) is 0 Å². The molecule has 0 aromatic carbocycles. The van der Waals surface area contributed by atoms with Crippen LogP contribution in [0.1, 0.15) is 0 Å². The first kappa shape index (κ1) is 19.9. The zero-order valence-corrected chi connectivity index (χ0v) is 12.2. The maximum atomic E-state index is 11.5. The molecule has 0 aliphatic heterocycles. The molecule has 0 spiro atoms. The molecule has 118 valence electrons. The molecule has 11 heteroatoms. The predicted molar refractivity (Wildman–Crippen MR) is 70.2 cm³/mol. The summed E-state index contributed by atoms with van der Waals surface area (Å²) in [5, 5.41) is 44.6. The highest BCUT2D eigenvalue weighted by atomic mass is 31.1. The minimum absolute atomic E-state index is 0.502. The average molecular weight is 332 g/mol. The van der Waals surface area contributed by atoms with E-state index in [2.05, 4.69) is 0 Å². The fourth-order valence-corrected chi connectivity index (χ4v) is 3.37. The molecule has 4 unspecified atom stereocenters. The summed E-state index contributed by atoms with van der Waals surface area (Å²) in [6.07, 6.45) is -5.98. The molecule has 0 saturated heterocycles. The molecule has 0 heterocycles. The largest absolute Gasteiger partial charge is 0.394 e. The molecule has 0 radical (unpaired) electrons. The van der Waals surface area contributed by atoms with Gasteiger partial charge in [0.2, 0.25) is 11.0 Å². The Morgan fingerprint density at radius 2 is 1.10 bits per heavy atom. The lowest BCUT2D eigenvalue weighted by Gasteiger charge is -2.18. The Bertz CT molecular complexity index is 297. The maximum Gasteiger partial charge on any atom is 0.217 e. The van der Waals surface area contributed by atoms with Crippen molar-refractivity contribution in [1.82, 2.24) is 0 Å². The van der Waals surface area contributed by atoms with Crippen molar-refractivity contribution >= 4 is 27.3 Å². The van der Waals surface area contributed by atoms with Gasteiger partial charge in [0.05, 0.1) is 25.4 Å². The van der Waals surface area contributed by atoms with Crippen LogP contribution >= 0.6 is 16.3 Å². The number of hydrogen-bond acceptors (Lipinski definition) is 9. The molecular formula is C9H18O9P2. The Hall–Kier alpha value is -0.0800. The van der Waals surface area contributed by atoms with Gasteiger partial charge in [0.25, 0.3) is 0 Å². The number of carbonyl (C=O) groups excluding carboxylic acids is 2. The molecule has 0 fully saturated rings. The summed E-state index contributed by atoms with van der Waals surface area (Å²) in [6.45, 7) is -1.38. The van der Waals surface area contributed by atoms with E-state index >= 15 is 0 Å². The van der Waals surface area contributed by atoms with Crippen LogP contribution in [0.15, 0.2) is 0 Å². The Balaban J connectivity index is 4.52. The van der Waals surface area contributed by atoms with Crippen molar-refractivity contribution in [3.05, 3.63) is 0 Å². The second-order valence-corrected chi connectivity index (χ2v) is 7.13. The summed E-state index contributed by atoms with van der Waals surface area (Å²) < 4.78 is 0. The van der Waals surface area contributed by atoms with E-state index in [1.807, 2.05) is 0 Å². The van der Waals surface area contributed by atoms with Gasteiger partial charge in [0, 0.05) is 12.3 Å². The van der Waals surface area contributed by atoms with E-state index in [0.717, 1.165) is 0 Å². The maximum absolute atomic E-state index is 11.5. The van der Waals surface area contributed by atoms with Crippen LogP contribution in [-0.4, -0.2) is 90.2 Å². The van der Waals surface area contributed by atoms with E-state index in [9.17, 15) is 24.5 Å². The van der Waals surface area contributed by atoms with Gasteiger partial charge in [-0.2, -0.15) is 0 Å². The number of aliphatic hydroxyl groups is 5. The van der Waals surface area contributed by atoms with Gasteiger partial charge in [-0.05, 0) is 0 Å². The highest BCUT2D eigenvalue weighted by molar-refractivity contribution is 7.73. The third kappa shape index (κ3) is 6.58. The van der Waals surface area contributed by atoms with Crippen LogP contribution in [0, 0.1) is 0 Å². The zero-order valence-electron chi connectivity index (χ0n) is 10.4. The van der Waals surface area contributed by atoms with Crippen molar-refractivity contribution in [3.63, 3.8) is 0 Å². The second kappa shape index (κ2) is 9.78. The monoisotopic (exact) mass is 332 g/mol. The zero-order chi connectivity index (χ0) is 15.9. The van der Waals surface area contributed by atoms with Crippen LogP contribution in [0.5, 0.6) is 0 Å². The lowest BCUT2D eigenvalue weighted by atomic mass is 10.4. The van der Waals surface area contributed by atoms with Crippen molar-refractivity contribution in [2.45, 2.75) is 18.3 Å². The summed E-state index contributed by atoms with van der Waals surface area (Å²) in [4.78, 5) is 41.8. The normalized spacial score (nSPS) is 18.9. The summed E-state index contributed by atoms with van der Waals surface area (Å²) in [5.41, 5.74) is -2.50. The molecule has 7 N–H and O–H groups in total. The highest BCUT2D eigenvalue weighted by Crippen LogP contribution is 2.39. The average Bonchev–Trinajstić information content (AvgIpc) is 2.43. The van der Waals surface area contributed by atoms with Gasteiger partial charge in [-0.15, -0.1) is 0 Å². The molecule has 0 bridgehead atoms. The molecule has 0 aromatic rings. The topological polar surface area (TPSA) is 176 Å². The van der Waals surface area contributed by atoms with Gasteiger partial charge in [0.1, 0.15) is 16.3 Å². The first-order valence-corrected chi connectivity index (χ1v) is 8.46. The molecule has 4 atom stereocenters. The molecule has 0 rings (SSSR count). The summed E-state index contributed by atoms with van der Waals surface area (Å²) >= 11 is 0. The predicted octanol–water partition coefficient (Wildman–Crippen LogP) is -3.11. The van der Waals surface area contributed by atoms with E-state index in [1.165, 1.54) is 0 Å². The quantitative estimate of drug-likeness (QED) is 0.161. The summed E-state index contributed by atoms with van der Waals surface area (Å²) in [5.74, 6) is 0. The Morgan fingerprint density at radius 3 is 1.35 bits per heavy atom. The van der Waals surface area contributed by atoms with E-state index in [4.69, 9.17) is 20.4 Å². The molecule has 0 saturated carbocycles. The molecule has 0 aliphatic rings. The Morgan fingerprint density at radius 1 is 0.800 bits per heavy atom. The van der Waals surface area contributed by atoms with Crippen molar-refractivity contribution in [1.29, 1.82) is 0 Å². The van der Waals surface area contributed by atoms with Crippen molar-refractivity contribution in [2.75, 3.05) is 25.5 Å². The molecule has 0 aromatic heterocycles. The third-order valence-corrected chi connectivity index (χ3v) is 5.21. The summed E-state index contributed by atoms with van der Waals surface area (Å²) in [6, 6.07) is 0. The van der Waals surface area contributed by atoms with Crippen molar-refractivity contribution in [2.24, 2.45) is 0 Å². The molecular weight excluding hydrogens is 314 g/mol. The van der Waals surface area contributed by atoms with Gasteiger partial charge in [0.15, 0.2) is 6.10 Å². The van der Waals surface area contributed by atoms with Crippen LogP contribution in [0.3, 0.4) is 0 Å². The van der Waals surface area contributed by atoms with Gasteiger partial charge in [-0.3, -0.25) is 9.59 Å². The first-order chi connectivity index (χ1) is 9.24. The van der Waals surface area contributed by atoms with E-state index in [1.54, 1.807) is 0 Å². The van der Waals surface area contributed by atoms with E-state index in [-0.39, 0.29) is 0 Å². The second-order valence-electron chi connectivity index (χ2n) is 3.92. The van der Waals surface area contributed by atoms with Gasteiger partial charge < -0.3 is 35.3 Å². The third-order valence-electron chi connectivity index (χ3n) is 2.17. The fourth-order valence-electron chi connectivity index (χ4n) is 1.08. The van der Waals surface area contributed by atoms with Crippen LogP contribution in [-0.2, 0) is 9.59 Å². The van der Waals surface area contributed by atoms with Gasteiger partial charge in [-0.1, -0.05) is 0 Å². The summed E-state index contributed by atoms with van der Waals surface area (Å²) in [7, 11) is -5.08. The number of aliphatic hydroxyl groups excluding tert-OH is 5. The van der Waals surface area contributed by atoms with E-state index in [0.29, 0.717) is 0 Å². The number of rotatable bonds is 10. The van der Waals surface area contributed by atoms with Gasteiger partial charge >= 0.3 is 0 Å². The Labute approximate surface area is 117 Å². The Kier molecular flexibility index (Phi) is 9.74. The lowest BCUT2D eigenvalue weighted by molar-refractivity contribution is -0.129. The van der Waals surface area contributed by atoms with Crippen LogP contribution in [0.2, 0.25) is 0 Å². The minimum atomic E-state index is -2.54. The molecule has 0 aliphatic carbocycles. The highest BCUT2D eigenvalue weighted by Gasteiger charge is 2.35. The molecule has 20 heavy (non-hydrogen) atoms. The lowest BCUT2D eigenvalue weighted by Crippen LogP contribution is -2.31.